The fourth-order valence-corrected chi connectivity index (χ4v) is 3.58. The number of rotatable bonds is 6. The number of amides is 1. The Morgan fingerprint density at radius 2 is 1.60 bits per heavy atom. The predicted molar refractivity (Wildman–Crippen MR) is 122 cm³/mol. The van der Waals surface area contributed by atoms with E-state index in [1.165, 1.54) is 5.56 Å². The molecule has 0 aromatic heterocycles. The summed E-state index contributed by atoms with van der Waals surface area (Å²) in [6.45, 7) is 4.30. The van der Waals surface area contributed by atoms with Crippen LogP contribution in [0, 0.1) is 0 Å². The zero-order valence-electron chi connectivity index (χ0n) is 17.0. The van der Waals surface area contributed by atoms with Gasteiger partial charge in [0.05, 0.1) is 13.2 Å². The second-order valence-corrected chi connectivity index (χ2v) is 7.38. The average molecular weight is 399 g/mol. The zero-order valence-corrected chi connectivity index (χ0v) is 17.0. The summed E-state index contributed by atoms with van der Waals surface area (Å²) in [7, 11) is 0. The first-order valence-electron chi connectivity index (χ1n) is 10.3. The molecule has 0 bridgehead atoms. The van der Waals surface area contributed by atoms with Gasteiger partial charge >= 0.3 is 0 Å². The van der Waals surface area contributed by atoms with E-state index >= 15 is 0 Å². The molecule has 0 saturated carbocycles. The van der Waals surface area contributed by atoms with Crippen molar-refractivity contribution in [1.82, 2.24) is 4.90 Å². The van der Waals surface area contributed by atoms with Gasteiger partial charge in [-0.15, -0.1) is 0 Å². The van der Waals surface area contributed by atoms with E-state index in [9.17, 15) is 4.79 Å². The van der Waals surface area contributed by atoms with Gasteiger partial charge in [0.15, 0.2) is 0 Å². The standard InChI is InChI=1S/C26H26N2O2/c29-26(25(23-11-5-2-6-12-23)19-21-8-3-1-4-9-21)27-24-13-7-10-22(18-24)20-28-14-16-30-17-15-28/h1-13,18-19H,14-17,20H2,(H,27,29)/b25-19+. The van der Waals surface area contributed by atoms with Crippen LogP contribution in [0.2, 0.25) is 0 Å². The Balaban J connectivity index is 1.54. The fraction of sp³-hybridized carbons (Fsp3) is 0.192. The van der Waals surface area contributed by atoms with Crippen molar-refractivity contribution in [3.8, 4) is 0 Å². The molecule has 1 N–H and O–H groups in total. The molecule has 0 radical (unpaired) electrons. The Hall–Kier alpha value is -3.21. The van der Waals surface area contributed by atoms with E-state index in [-0.39, 0.29) is 5.91 Å². The molecule has 0 spiro atoms. The van der Waals surface area contributed by atoms with E-state index in [1.807, 2.05) is 78.9 Å². The molecule has 1 heterocycles. The highest BCUT2D eigenvalue weighted by molar-refractivity contribution is 6.29. The number of nitrogens with one attached hydrogen (secondary N) is 1. The van der Waals surface area contributed by atoms with Crippen molar-refractivity contribution in [3.05, 3.63) is 102 Å². The number of morpholine rings is 1. The van der Waals surface area contributed by atoms with Crippen LogP contribution in [-0.2, 0) is 16.1 Å². The van der Waals surface area contributed by atoms with Gasteiger partial charge in [0.2, 0.25) is 0 Å². The Bertz CT molecular complexity index is 994. The molecule has 1 fully saturated rings. The zero-order chi connectivity index (χ0) is 20.6. The third-order valence-electron chi connectivity index (χ3n) is 5.13. The molecule has 3 aromatic rings. The SMILES string of the molecule is O=C(Nc1cccc(CN2CCOCC2)c1)/C(=C/c1ccccc1)c1ccccc1. The van der Waals surface area contributed by atoms with Gasteiger partial charge in [-0.2, -0.15) is 0 Å². The molecule has 1 aliphatic heterocycles. The number of hydrogen-bond donors (Lipinski definition) is 1. The molecule has 0 unspecified atom stereocenters. The summed E-state index contributed by atoms with van der Waals surface area (Å²) in [4.78, 5) is 15.6. The number of anilines is 1. The topological polar surface area (TPSA) is 41.6 Å². The van der Waals surface area contributed by atoms with E-state index in [1.54, 1.807) is 0 Å². The van der Waals surface area contributed by atoms with E-state index in [2.05, 4.69) is 22.3 Å². The smallest absolute Gasteiger partial charge is 0.256 e. The van der Waals surface area contributed by atoms with E-state index < -0.39 is 0 Å². The molecule has 4 rings (SSSR count). The number of nitrogens with zero attached hydrogens (tertiary/aromatic N) is 1. The van der Waals surface area contributed by atoms with Gasteiger partial charge < -0.3 is 10.1 Å². The van der Waals surface area contributed by atoms with Gasteiger partial charge in [0.25, 0.3) is 5.91 Å². The van der Waals surface area contributed by atoms with E-state index in [0.717, 1.165) is 49.7 Å². The maximum atomic E-state index is 13.2. The summed E-state index contributed by atoms with van der Waals surface area (Å²) >= 11 is 0. The Morgan fingerprint density at radius 3 is 2.33 bits per heavy atom. The van der Waals surface area contributed by atoms with Gasteiger partial charge in [-0.25, -0.2) is 0 Å². The molecule has 4 nitrogen and oxygen atoms in total. The molecule has 1 aliphatic rings. The maximum Gasteiger partial charge on any atom is 0.256 e. The minimum atomic E-state index is -0.117. The van der Waals surface area contributed by atoms with Gasteiger partial charge in [-0.05, 0) is 34.9 Å². The quantitative estimate of drug-likeness (QED) is 0.483. The summed E-state index contributed by atoms with van der Waals surface area (Å²) in [6.07, 6.45) is 1.93. The van der Waals surface area contributed by atoms with Crippen molar-refractivity contribution in [2.24, 2.45) is 0 Å². The molecular weight excluding hydrogens is 372 g/mol. The van der Waals surface area contributed by atoms with Crippen molar-refractivity contribution in [2.75, 3.05) is 31.6 Å². The van der Waals surface area contributed by atoms with Gasteiger partial charge in [-0.1, -0.05) is 72.8 Å². The molecule has 152 valence electrons. The van der Waals surface area contributed by atoms with Crippen molar-refractivity contribution >= 4 is 23.2 Å². The van der Waals surface area contributed by atoms with Gasteiger partial charge in [0, 0.05) is 30.9 Å². The van der Waals surface area contributed by atoms with Crippen molar-refractivity contribution in [3.63, 3.8) is 0 Å². The van der Waals surface area contributed by atoms with Crippen molar-refractivity contribution in [1.29, 1.82) is 0 Å². The predicted octanol–water partition coefficient (Wildman–Crippen LogP) is 4.70. The Kier molecular flexibility index (Phi) is 6.70. The molecule has 0 atom stereocenters. The van der Waals surface area contributed by atoms with E-state index in [4.69, 9.17) is 4.74 Å². The summed E-state index contributed by atoms with van der Waals surface area (Å²) < 4.78 is 5.43. The van der Waals surface area contributed by atoms with Gasteiger partial charge in [0.1, 0.15) is 0 Å². The molecular formula is C26H26N2O2. The first-order chi connectivity index (χ1) is 14.8. The maximum absolute atomic E-state index is 13.2. The molecule has 3 aromatic carbocycles. The number of carbonyl (C=O) groups is 1. The summed E-state index contributed by atoms with van der Waals surface area (Å²) in [6, 6.07) is 27.8. The molecule has 4 heteroatoms. The van der Waals surface area contributed by atoms with Crippen LogP contribution in [0.15, 0.2) is 84.9 Å². The van der Waals surface area contributed by atoms with Gasteiger partial charge in [-0.3, -0.25) is 9.69 Å². The highest BCUT2D eigenvalue weighted by Gasteiger charge is 2.14. The van der Waals surface area contributed by atoms with Crippen molar-refractivity contribution in [2.45, 2.75) is 6.54 Å². The second-order valence-electron chi connectivity index (χ2n) is 7.38. The summed E-state index contributed by atoms with van der Waals surface area (Å²) in [5.74, 6) is -0.117. The van der Waals surface area contributed by atoms with Crippen LogP contribution < -0.4 is 5.32 Å². The average Bonchev–Trinajstić information content (AvgIpc) is 2.80. The monoisotopic (exact) mass is 398 g/mol. The third-order valence-corrected chi connectivity index (χ3v) is 5.13. The normalized spacial score (nSPS) is 15.0. The van der Waals surface area contributed by atoms with Crippen LogP contribution in [0.25, 0.3) is 11.6 Å². The first kappa shape index (κ1) is 20.1. The number of benzene rings is 3. The third kappa shape index (κ3) is 5.44. The van der Waals surface area contributed by atoms with Crippen LogP contribution in [0.1, 0.15) is 16.7 Å². The summed E-state index contributed by atoms with van der Waals surface area (Å²) in [5.41, 5.74) is 4.51. The molecule has 1 amide bonds. The second kappa shape index (κ2) is 10.0. The lowest BCUT2D eigenvalue weighted by molar-refractivity contribution is -0.111. The highest BCUT2D eigenvalue weighted by atomic mass is 16.5. The molecule has 1 saturated heterocycles. The summed E-state index contributed by atoms with van der Waals surface area (Å²) in [5, 5.41) is 3.09. The van der Waals surface area contributed by atoms with Crippen molar-refractivity contribution < 1.29 is 9.53 Å². The van der Waals surface area contributed by atoms with Crippen LogP contribution >= 0.6 is 0 Å². The Labute approximate surface area is 177 Å². The fourth-order valence-electron chi connectivity index (χ4n) is 3.58. The van der Waals surface area contributed by atoms with Crippen LogP contribution in [0.4, 0.5) is 5.69 Å². The van der Waals surface area contributed by atoms with Crippen LogP contribution in [0.3, 0.4) is 0 Å². The first-order valence-corrected chi connectivity index (χ1v) is 10.3. The highest BCUT2D eigenvalue weighted by Crippen LogP contribution is 2.21. The lowest BCUT2D eigenvalue weighted by Gasteiger charge is -2.26. The minimum Gasteiger partial charge on any atom is -0.379 e. The number of carbonyl (C=O) groups excluding carboxylic acids is 1. The van der Waals surface area contributed by atoms with Crippen LogP contribution in [-0.4, -0.2) is 37.1 Å². The van der Waals surface area contributed by atoms with Crippen LogP contribution in [0.5, 0.6) is 0 Å². The van der Waals surface area contributed by atoms with E-state index in [0.29, 0.717) is 5.57 Å². The minimum absolute atomic E-state index is 0.117. The largest absolute Gasteiger partial charge is 0.379 e. The lowest BCUT2D eigenvalue weighted by atomic mass is 10.0. The molecule has 30 heavy (non-hydrogen) atoms. The lowest BCUT2D eigenvalue weighted by Crippen LogP contribution is -2.35. The number of hydrogen-bond acceptors (Lipinski definition) is 3. The molecule has 0 aliphatic carbocycles. The number of ether oxygens (including phenoxy) is 1. The Morgan fingerprint density at radius 1 is 0.900 bits per heavy atom.